The number of carbonyl (C=O) groups excluding carboxylic acids is 1. The number of anilines is 1. The van der Waals surface area contributed by atoms with E-state index in [1.165, 1.54) is 16.1 Å². The van der Waals surface area contributed by atoms with Crippen molar-refractivity contribution in [2.24, 2.45) is 0 Å². The molecule has 1 N–H and O–H groups in total. The number of nitrogens with one attached hydrogen (secondary N) is 1. The smallest absolute Gasteiger partial charge is 0.251 e. The molecule has 0 spiro atoms. The molecule has 0 fully saturated rings. The second kappa shape index (κ2) is 9.79. The summed E-state index contributed by atoms with van der Waals surface area (Å²) < 4.78 is 26.4. The van der Waals surface area contributed by atoms with Crippen LogP contribution in [0.3, 0.4) is 0 Å². The van der Waals surface area contributed by atoms with Crippen molar-refractivity contribution >= 4 is 21.6 Å². The lowest BCUT2D eigenvalue weighted by Gasteiger charge is -2.26. The van der Waals surface area contributed by atoms with E-state index >= 15 is 0 Å². The van der Waals surface area contributed by atoms with E-state index in [2.05, 4.69) is 5.32 Å². The second-order valence-corrected chi connectivity index (χ2v) is 9.61. The van der Waals surface area contributed by atoms with E-state index in [0.717, 1.165) is 23.1 Å². The van der Waals surface area contributed by atoms with Crippen molar-refractivity contribution in [3.8, 4) is 0 Å². The number of amides is 1. The summed E-state index contributed by atoms with van der Waals surface area (Å²) >= 11 is 0. The van der Waals surface area contributed by atoms with Gasteiger partial charge in [0.1, 0.15) is 0 Å². The zero-order valence-corrected chi connectivity index (χ0v) is 18.9. The van der Waals surface area contributed by atoms with Crippen LogP contribution in [0.2, 0.25) is 0 Å². The number of rotatable bonds is 8. The Labute approximate surface area is 184 Å². The minimum absolute atomic E-state index is 0.141. The zero-order chi connectivity index (χ0) is 22.4. The molecule has 5 nitrogen and oxygen atoms in total. The van der Waals surface area contributed by atoms with Gasteiger partial charge >= 0.3 is 0 Å². The number of aryl methyl sites for hydroxylation is 2. The van der Waals surface area contributed by atoms with Crippen LogP contribution in [-0.4, -0.2) is 27.1 Å². The summed E-state index contributed by atoms with van der Waals surface area (Å²) in [5.74, 6) is -0.141. The maximum Gasteiger partial charge on any atom is 0.251 e. The molecule has 0 aromatic heterocycles. The number of carbonyl (C=O) groups is 1. The third kappa shape index (κ3) is 5.95. The van der Waals surface area contributed by atoms with Crippen molar-refractivity contribution in [3.63, 3.8) is 0 Å². The van der Waals surface area contributed by atoms with Crippen LogP contribution >= 0.6 is 0 Å². The Kier molecular flexibility index (Phi) is 7.13. The Morgan fingerprint density at radius 2 is 1.45 bits per heavy atom. The Morgan fingerprint density at radius 3 is 2.03 bits per heavy atom. The topological polar surface area (TPSA) is 66.5 Å². The van der Waals surface area contributed by atoms with Gasteiger partial charge in [-0.05, 0) is 54.7 Å². The van der Waals surface area contributed by atoms with Gasteiger partial charge in [0.2, 0.25) is 10.0 Å². The SMILES string of the molecule is Cc1cccc(C)c1N(Cc1ccc(C(=O)NCCc2ccccc2)cc1)S(C)(=O)=O. The maximum atomic E-state index is 12.5. The Hall–Kier alpha value is -3.12. The van der Waals surface area contributed by atoms with Gasteiger partial charge in [-0.1, -0.05) is 60.7 Å². The summed E-state index contributed by atoms with van der Waals surface area (Å²) in [5.41, 5.74) is 5.04. The lowest BCUT2D eigenvalue weighted by Crippen LogP contribution is -2.30. The lowest BCUT2D eigenvalue weighted by molar-refractivity contribution is 0.0954. The average Bonchev–Trinajstić information content (AvgIpc) is 2.73. The van der Waals surface area contributed by atoms with E-state index in [0.29, 0.717) is 17.8 Å². The maximum absolute atomic E-state index is 12.5. The van der Waals surface area contributed by atoms with Crippen molar-refractivity contribution < 1.29 is 13.2 Å². The third-order valence-electron chi connectivity index (χ3n) is 5.17. The van der Waals surface area contributed by atoms with Crippen LogP contribution in [0.1, 0.15) is 32.6 Å². The highest BCUT2D eigenvalue weighted by molar-refractivity contribution is 7.92. The Balaban J connectivity index is 1.69. The fourth-order valence-electron chi connectivity index (χ4n) is 3.56. The molecule has 0 atom stereocenters. The quantitative estimate of drug-likeness (QED) is 0.574. The highest BCUT2D eigenvalue weighted by Crippen LogP contribution is 2.28. The highest BCUT2D eigenvalue weighted by atomic mass is 32.2. The van der Waals surface area contributed by atoms with Crippen molar-refractivity contribution in [2.45, 2.75) is 26.8 Å². The molecule has 3 aromatic carbocycles. The van der Waals surface area contributed by atoms with Gasteiger partial charge in [0.25, 0.3) is 5.91 Å². The monoisotopic (exact) mass is 436 g/mol. The van der Waals surface area contributed by atoms with Crippen LogP contribution in [0.25, 0.3) is 0 Å². The molecule has 0 heterocycles. The summed E-state index contributed by atoms with van der Waals surface area (Å²) in [6.45, 7) is 4.58. The summed E-state index contributed by atoms with van der Waals surface area (Å²) in [7, 11) is -3.47. The van der Waals surface area contributed by atoms with Gasteiger partial charge in [0.15, 0.2) is 0 Å². The van der Waals surface area contributed by atoms with Gasteiger partial charge < -0.3 is 5.32 Å². The predicted octanol–water partition coefficient (Wildman–Crippen LogP) is 4.24. The normalized spacial score (nSPS) is 11.2. The molecule has 0 aliphatic heterocycles. The van der Waals surface area contributed by atoms with Crippen LogP contribution in [0.5, 0.6) is 0 Å². The first kappa shape index (κ1) is 22.6. The Morgan fingerprint density at radius 1 is 0.839 bits per heavy atom. The highest BCUT2D eigenvalue weighted by Gasteiger charge is 2.21. The second-order valence-electron chi connectivity index (χ2n) is 7.70. The third-order valence-corrected chi connectivity index (χ3v) is 6.29. The van der Waals surface area contributed by atoms with Gasteiger partial charge in [0, 0.05) is 12.1 Å². The fourth-order valence-corrected chi connectivity index (χ4v) is 4.56. The lowest BCUT2D eigenvalue weighted by atomic mass is 10.1. The molecule has 6 heteroatoms. The van der Waals surface area contributed by atoms with Gasteiger partial charge in [-0.3, -0.25) is 9.10 Å². The van der Waals surface area contributed by atoms with Crippen molar-refractivity contribution in [1.29, 1.82) is 0 Å². The molecule has 3 aromatic rings. The number of benzene rings is 3. The molecule has 0 aliphatic rings. The number of hydrogen-bond acceptors (Lipinski definition) is 3. The van der Waals surface area contributed by atoms with E-state index < -0.39 is 10.0 Å². The molecule has 0 aliphatic carbocycles. The Bertz CT molecular complexity index is 1120. The summed E-state index contributed by atoms with van der Waals surface area (Å²) in [6.07, 6.45) is 1.98. The first-order chi connectivity index (χ1) is 14.8. The molecule has 1 amide bonds. The van der Waals surface area contributed by atoms with Gasteiger partial charge in [-0.15, -0.1) is 0 Å². The van der Waals surface area contributed by atoms with Gasteiger partial charge in [-0.25, -0.2) is 8.42 Å². The van der Waals surface area contributed by atoms with E-state index in [-0.39, 0.29) is 12.5 Å². The minimum atomic E-state index is -3.47. The molecule has 31 heavy (non-hydrogen) atoms. The molecular weight excluding hydrogens is 408 g/mol. The largest absolute Gasteiger partial charge is 0.352 e. The molecular formula is C25H28N2O3S. The van der Waals surface area contributed by atoms with Crippen molar-refractivity contribution in [1.82, 2.24) is 5.32 Å². The summed E-state index contributed by atoms with van der Waals surface area (Å²) in [6, 6.07) is 22.8. The van der Waals surface area contributed by atoms with E-state index in [1.807, 2.05) is 62.4 Å². The predicted molar refractivity (Wildman–Crippen MR) is 126 cm³/mol. The van der Waals surface area contributed by atoms with Crippen molar-refractivity contribution in [3.05, 3.63) is 101 Å². The fraction of sp³-hybridized carbons (Fsp3) is 0.240. The zero-order valence-electron chi connectivity index (χ0n) is 18.1. The van der Waals surface area contributed by atoms with Crippen LogP contribution in [-0.2, 0) is 23.0 Å². The molecule has 162 valence electrons. The van der Waals surface area contributed by atoms with Gasteiger partial charge in [0.05, 0.1) is 18.5 Å². The average molecular weight is 437 g/mol. The van der Waals surface area contributed by atoms with Crippen LogP contribution < -0.4 is 9.62 Å². The van der Waals surface area contributed by atoms with Gasteiger partial charge in [-0.2, -0.15) is 0 Å². The van der Waals surface area contributed by atoms with E-state index in [9.17, 15) is 13.2 Å². The minimum Gasteiger partial charge on any atom is -0.352 e. The van der Waals surface area contributed by atoms with Crippen LogP contribution in [0.15, 0.2) is 72.8 Å². The molecule has 0 unspecified atom stereocenters. The van der Waals surface area contributed by atoms with E-state index in [1.54, 1.807) is 24.3 Å². The number of para-hydroxylation sites is 1. The number of hydrogen-bond donors (Lipinski definition) is 1. The standard InChI is InChI=1S/C25H28N2O3S/c1-19-8-7-9-20(2)24(19)27(31(3,29)30)18-22-12-14-23(15-13-22)25(28)26-17-16-21-10-5-4-6-11-21/h4-15H,16-18H2,1-3H3,(H,26,28). The number of nitrogens with zero attached hydrogens (tertiary/aromatic N) is 1. The molecule has 0 bridgehead atoms. The molecule has 0 radical (unpaired) electrons. The first-order valence-corrected chi connectivity index (χ1v) is 12.1. The number of sulfonamides is 1. The van der Waals surface area contributed by atoms with E-state index in [4.69, 9.17) is 0 Å². The molecule has 3 rings (SSSR count). The summed E-state index contributed by atoms with van der Waals surface area (Å²) in [4.78, 5) is 12.4. The van der Waals surface area contributed by atoms with Crippen LogP contribution in [0.4, 0.5) is 5.69 Å². The molecule has 0 saturated heterocycles. The van der Waals surface area contributed by atoms with Crippen molar-refractivity contribution in [2.75, 3.05) is 17.1 Å². The summed E-state index contributed by atoms with van der Waals surface area (Å²) in [5, 5.41) is 2.93. The van der Waals surface area contributed by atoms with Crippen LogP contribution in [0, 0.1) is 13.8 Å². The molecule has 0 saturated carbocycles. The first-order valence-electron chi connectivity index (χ1n) is 10.2.